The minimum absolute atomic E-state index is 0.453. The number of carbonyl (C=O) groups is 1. The number of nitrogens with two attached hydrogens (primary N) is 1. The fourth-order valence-corrected chi connectivity index (χ4v) is 1.41. The van der Waals surface area contributed by atoms with Crippen molar-refractivity contribution in [1.29, 1.82) is 0 Å². The van der Waals surface area contributed by atoms with Crippen LogP contribution in [0.15, 0.2) is 49.1 Å². The monoisotopic (exact) mass is 225 g/mol. The minimum atomic E-state index is -0.453. The predicted octanol–water partition coefficient (Wildman–Crippen LogP) is 1.64. The van der Waals surface area contributed by atoms with E-state index < -0.39 is 5.91 Å². The number of aromatic nitrogens is 2. The van der Waals surface area contributed by atoms with Crippen LogP contribution in [0, 0.1) is 0 Å². The van der Waals surface area contributed by atoms with Gasteiger partial charge in [-0.2, -0.15) is 0 Å². The summed E-state index contributed by atoms with van der Waals surface area (Å²) in [7, 11) is 0. The molecule has 2 N–H and O–H groups in total. The van der Waals surface area contributed by atoms with Crippen molar-refractivity contribution < 1.29 is 4.79 Å². The molecule has 0 radical (unpaired) electrons. The minimum Gasteiger partial charge on any atom is -0.366 e. The molecule has 17 heavy (non-hydrogen) atoms. The molecule has 0 aliphatic heterocycles. The molecule has 1 aromatic carbocycles. The standard InChI is InChI=1S/C13H11N3O/c14-13(17)6-3-10-1-4-11(5-2-10)12-7-15-9-16-8-12/h1-9H,(H2,14,17). The van der Waals surface area contributed by atoms with Gasteiger partial charge in [-0.25, -0.2) is 9.97 Å². The molecular formula is C13H11N3O. The molecule has 4 heteroatoms. The van der Waals surface area contributed by atoms with Gasteiger partial charge in [-0.15, -0.1) is 0 Å². The van der Waals surface area contributed by atoms with Crippen molar-refractivity contribution in [2.75, 3.05) is 0 Å². The second-order valence-electron chi connectivity index (χ2n) is 3.48. The Kier molecular flexibility index (Phi) is 3.25. The van der Waals surface area contributed by atoms with Crippen LogP contribution < -0.4 is 5.73 Å². The van der Waals surface area contributed by atoms with Crippen molar-refractivity contribution in [3.8, 4) is 11.1 Å². The summed E-state index contributed by atoms with van der Waals surface area (Å²) in [4.78, 5) is 18.5. The van der Waals surface area contributed by atoms with Crippen LogP contribution >= 0.6 is 0 Å². The molecule has 0 aliphatic rings. The van der Waals surface area contributed by atoms with E-state index in [1.165, 1.54) is 12.4 Å². The average molecular weight is 225 g/mol. The first-order valence-electron chi connectivity index (χ1n) is 5.08. The van der Waals surface area contributed by atoms with Gasteiger partial charge in [0.2, 0.25) is 5.91 Å². The quantitative estimate of drug-likeness (QED) is 0.807. The first-order valence-corrected chi connectivity index (χ1v) is 5.08. The van der Waals surface area contributed by atoms with Gasteiger partial charge in [-0.3, -0.25) is 4.79 Å². The van der Waals surface area contributed by atoms with E-state index in [9.17, 15) is 4.79 Å². The Morgan fingerprint density at radius 3 is 2.29 bits per heavy atom. The molecule has 0 saturated carbocycles. The molecule has 1 amide bonds. The van der Waals surface area contributed by atoms with E-state index in [1.54, 1.807) is 18.5 Å². The van der Waals surface area contributed by atoms with Gasteiger partial charge in [0.1, 0.15) is 6.33 Å². The number of rotatable bonds is 3. The molecule has 1 heterocycles. The van der Waals surface area contributed by atoms with Crippen LogP contribution in [0.1, 0.15) is 5.56 Å². The van der Waals surface area contributed by atoms with Gasteiger partial charge in [-0.05, 0) is 17.2 Å². The smallest absolute Gasteiger partial charge is 0.241 e. The van der Waals surface area contributed by atoms with Crippen molar-refractivity contribution in [1.82, 2.24) is 9.97 Å². The Labute approximate surface area is 98.8 Å². The van der Waals surface area contributed by atoms with Gasteiger partial charge in [0.15, 0.2) is 0 Å². The van der Waals surface area contributed by atoms with Crippen LogP contribution in [0.3, 0.4) is 0 Å². The van der Waals surface area contributed by atoms with E-state index in [0.717, 1.165) is 16.7 Å². The van der Waals surface area contributed by atoms with E-state index >= 15 is 0 Å². The van der Waals surface area contributed by atoms with E-state index in [0.29, 0.717) is 0 Å². The van der Waals surface area contributed by atoms with Crippen LogP contribution in [0.2, 0.25) is 0 Å². The second-order valence-corrected chi connectivity index (χ2v) is 3.48. The van der Waals surface area contributed by atoms with Crippen molar-refractivity contribution in [3.05, 3.63) is 54.6 Å². The fraction of sp³-hybridized carbons (Fsp3) is 0. The summed E-state index contributed by atoms with van der Waals surface area (Å²) in [5.41, 5.74) is 7.93. The maximum Gasteiger partial charge on any atom is 0.241 e. The highest BCUT2D eigenvalue weighted by Crippen LogP contribution is 2.17. The Bertz CT molecular complexity index is 532. The zero-order valence-corrected chi connectivity index (χ0v) is 9.08. The molecule has 0 aliphatic carbocycles. The van der Waals surface area contributed by atoms with Gasteiger partial charge < -0.3 is 5.73 Å². The summed E-state index contributed by atoms with van der Waals surface area (Å²) in [6.07, 6.45) is 8.00. The zero-order valence-electron chi connectivity index (χ0n) is 9.08. The Morgan fingerprint density at radius 1 is 1.06 bits per heavy atom. The van der Waals surface area contributed by atoms with Crippen molar-refractivity contribution >= 4 is 12.0 Å². The number of benzene rings is 1. The van der Waals surface area contributed by atoms with Crippen LogP contribution in [0.25, 0.3) is 17.2 Å². The maximum atomic E-state index is 10.6. The summed E-state index contributed by atoms with van der Waals surface area (Å²) in [5, 5.41) is 0. The van der Waals surface area contributed by atoms with Crippen molar-refractivity contribution in [3.63, 3.8) is 0 Å². The third kappa shape index (κ3) is 2.98. The van der Waals surface area contributed by atoms with Crippen molar-refractivity contribution in [2.45, 2.75) is 0 Å². The molecule has 84 valence electrons. The highest BCUT2D eigenvalue weighted by molar-refractivity contribution is 5.90. The third-order valence-electron chi connectivity index (χ3n) is 2.24. The predicted molar refractivity (Wildman–Crippen MR) is 65.7 cm³/mol. The van der Waals surface area contributed by atoms with Gasteiger partial charge in [0, 0.05) is 24.0 Å². The lowest BCUT2D eigenvalue weighted by atomic mass is 10.1. The van der Waals surface area contributed by atoms with E-state index in [2.05, 4.69) is 9.97 Å². The van der Waals surface area contributed by atoms with Crippen molar-refractivity contribution in [2.24, 2.45) is 5.73 Å². The average Bonchev–Trinajstić information content (AvgIpc) is 2.38. The Balaban J connectivity index is 2.22. The molecule has 0 spiro atoms. The van der Waals surface area contributed by atoms with E-state index in [4.69, 9.17) is 5.73 Å². The lowest BCUT2D eigenvalue weighted by Crippen LogP contribution is -2.04. The number of nitrogens with zero attached hydrogens (tertiary/aromatic N) is 2. The lowest BCUT2D eigenvalue weighted by molar-refractivity contribution is -0.113. The number of primary amides is 1. The number of hydrogen-bond donors (Lipinski definition) is 1. The summed E-state index contributed by atoms with van der Waals surface area (Å²) < 4.78 is 0. The normalized spacial score (nSPS) is 10.6. The van der Waals surface area contributed by atoms with Gasteiger partial charge in [0.25, 0.3) is 0 Å². The van der Waals surface area contributed by atoms with Gasteiger partial charge in [-0.1, -0.05) is 24.3 Å². The highest BCUT2D eigenvalue weighted by Gasteiger charge is 1.96. The molecule has 0 fully saturated rings. The number of hydrogen-bond acceptors (Lipinski definition) is 3. The lowest BCUT2D eigenvalue weighted by Gasteiger charge is -2.00. The second kappa shape index (κ2) is 5.03. The largest absolute Gasteiger partial charge is 0.366 e. The van der Waals surface area contributed by atoms with Crippen LogP contribution in [-0.4, -0.2) is 15.9 Å². The molecular weight excluding hydrogens is 214 g/mol. The molecule has 1 aromatic heterocycles. The molecule has 4 nitrogen and oxygen atoms in total. The molecule has 0 bridgehead atoms. The Morgan fingerprint density at radius 2 is 1.71 bits per heavy atom. The van der Waals surface area contributed by atoms with Gasteiger partial charge in [0.05, 0.1) is 0 Å². The molecule has 2 rings (SSSR count). The zero-order chi connectivity index (χ0) is 12.1. The first kappa shape index (κ1) is 11.0. The van der Waals surface area contributed by atoms with Gasteiger partial charge >= 0.3 is 0 Å². The fourth-order valence-electron chi connectivity index (χ4n) is 1.41. The molecule has 2 aromatic rings. The van der Waals surface area contributed by atoms with Crippen LogP contribution in [0.5, 0.6) is 0 Å². The third-order valence-corrected chi connectivity index (χ3v) is 2.24. The van der Waals surface area contributed by atoms with E-state index in [-0.39, 0.29) is 0 Å². The Hall–Kier alpha value is -2.49. The first-order chi connectivity index (χ1) is 8.25. The summed E-state index contributed by atoms with van der Waals surface area (Å²) >= 11 is 0. The molecule has 0 saturated heterocycles. The topological polar surface area (TPSA) is 68.9 Å². The van der Waals surface area contributed by atoms with Crippen LogP contribution in [-0.2, 0) is 4.79 Å². The van der Waals surface area contributed by atoms with Crippen LogP contribution in [0.4, 0.5) is 0 Å². The number of carbonyl (C=O) groups excluding carboxylic acids is 1. The number of amides is 1. The summed E-state index contributed by atoms with van der Waals surface area (Å²) in [6, 6.07) is 7.70. The highest BCUT2D eigenvalue weighted by atomic mass is 16.1. The molecule has 0 unspecified atom stereocenters. The molecule has 0 atom stereocenters. The summed E-state index contributed by atoms with van der Waals surface area (Å²) in [5.74, 6) is -0.453. The van der Waals surface area contributed by atoms with E-state index in [1.807, 2.05) is 24.3 Å². The summed E-state index contributed by atoms with van der Waals surface area (Å²) in [6.45, 7) is 0. The SMILES string of the molecule is NC(=O)C=Cc1ccc(-c2cncnc2)cc1. The maximum absolute atomic E-state index is 10.6.